The first-order valence-corrected chi connectivity index (χ1v) is 15.0. The van der Waals surface area contributed by atoms with Gasteiger partial charge in [0.05, 0.1) is 29.5 Å². The number of ether oxygens (including phenoxy) is 2. The van der Waals surface area contributed by atoms with Gasteiger partial charge in [0.25, 0.3) is 0 Å². The van der Waals surface area contributed by atoms with E-state index in [1.165, 1.54) is 5.56 Å². The zero-order chi connectivity index (χ0) is 30.2. The quantitative estimate of drug-likeness (QED) is 0.180. The summed E-state index contributed by atoms with van der Waals surface area (Å²) >= 11 is 0. The topological polar surface area (TPSA) is 54.1 Å². The minimum absolute atomic E-state index is 0.739. The van der Waals surface area contributed by atoms with Gasteiger partial charge in [-0.2, -0.15) is 5.10 Å². The van der Waals surface area contributed by atoms with Gasteiger partial charge < -0.3 is 9.47 Å². The average Bonchev–Trinajstić information content (AvgIpc) is 3.53. The van der Waals surface area contributed by atoms with Crippen LogP contribution >= 0.6 is 0 Å². The third-order valence-electron chi connectivity index (χ3n) is 8.17. The first-order valence-electron chi connectivity index (χ1n) is 15.0. The largest absolute Gasteiger partial charge is 0.497 e. The second kappa shape index (κ2) is 11.4. The van der Waals surface area contributed by atoms with E-state index in [4.69, 9.17) is 19.6 Å². The molecule has 0 unspecified atom stereocenters. The van der Waals surface area contributed by atoms with Gasteiger partial charge in [-0.1, -0.05) is 49.7 Å². The van der Waals surface area contributed by atoms with E-state index in [2.05, 4.69) is 92.1 Å². The van der Waals surface area contributed by atoms with Crippen LogP contribution in [0, 0.1) is 13.8 Å². The minimum atomic E-state index is 0.739. The van der Waals surface area contributed by atoms with Crippen LogP contribution in [0.2, 0.25) is 0 Å². The predicted octanol–water partition coefficient (Wildman–Crippen LogP) is 9.40. The molecule has 0 fully saturated rings. The van der Waals surface area contributed by atoms with Crippen molar-refractivity contribution in [2.24, 2.45) is 0 Å². The van der Waals surface area contributed by atoms with Crippen LogP contribution in [0.15, 0.2) is 109 Å². The van der Waals surface area contributed by atoms with Gasteiger partial charge in [-0.15, -0.1) is 0 Å². The summed E-state index contributed by atoms with van der Waals surface area (Å²) in [7, 11) is 1.70. The molecule has 0 aliphatic heterocycles. The van der Waals surface area contributed by atoms with Crippen molar-refractivity contribution in [2.75, 3.05) is 7.11 Å². The molecule has 6 heteroatoms. The Morgan fingerprint density at radius 1 is 0.727 bits per heavy atom. The molecule has 4 aromatic carbocycles. The summed E-state index contributed by atoms with van der Waals surface area (Å²) in [5, 5.41) is 7.11. The number of rotatable bonds is 8. The van der Waals surface area contributed by atoms with Crippen LogP contribution in [0.3, 0.4) is 0 Å². The fourth-order valence-corrected chi connectivity index (χ4v) is 6.18. The molecule has 3 aromatic heterocycles. The van der Waals surface area contributed by atoms with Crippen molar-refractivity contribution in [1.29, 1.82) is 0 Å². The van der Waals surface area contributed by atoms with Crippen LogP contribution < -0.4 is 9.47 Å². The summed E-state index contributed by atoms with van der Waals surface area (Å²) in [4.78, 5) is 4.79. The summed E-state index contributed by atoms with van der Waals surface area (Å²) in [6.45, 7) is 6.37. The molecule has 0 radical (unpaired) electrons. The third kappa shape index (κ3) is 4.88. The number of aromatic nitrogens is 4. The van der Waals surface area contributed by atoms with E-state index < -0.39 is 0 Å². The lowest BCUT2D eigenvalue weighted by Gasteiger charge is -2.11. The molecule has 7 rings (SSSR count). The van der Waals surface area contributed by atoms with Crippen molar-refractivity contribution in [3.8, 4) is 39.9 Å². The Bertz CT molecular complexity index is 2120. The molecule has 7 aromatic rings. The maximum atomic E-state index is 6.50. The molecule has 0 N–H and O–H groups in total. The van der Waals surface area contributed by atoms with Gasteiger partial charge in [0.15, 0.2) is 0 Å². The van der Waals surface area contributed by atoms with E-state index >= 15 is 0 Å². The summed E-state index contributed by atoms with van der Waals surface area (Å²) in [6.07, 6.45) is 3.99. The Morgan fingerprint density at radius 3 is 2.36 bits per heavy atom. The van der Waals surface area contributed by atoms with E-state index in [0.29, 0.717) is 0 Å². The monoisotopic (exact) mass is 578 g/mol. The summed E-state index contributed by atoms with van der Waals surface area (Å²) in [6, 6.07) is 35.2. The van der Waals surface area contributed by atoms with Crippen molar-refractivity contribution in [2.45, 2.75) is 33.6 Å². The van der Waals surface area contributed by atoms with Crippen molar-refractivity contribution in [3.63, 3.8) is 0 Å². The van der Waals surface area contributed by atoms with Gasteiger partial charge in [0, 0.05) is 40.4 Å². The van der Waals surface area contributed by atoms with Crippen molar-refractivity contribution in [3.05, 3.63) is 126 Å². The first kappa shape index (κ1) is 27.5. The van der Waals surface area contributed by atoms with Gasteiger partial charge in [-0.25, -0.2) is 9.67 Å². The lowest BCUT2D eigenvalue weighted by atomic mass is 10.0. The number of hydrogen-bond acceptors (Lipinski definition) is 4. The highest BCUT2D eigenvalue weighted by Crippen LogP contribution is 2.37. The Balaban J connectivity index is 1.30. The van der Waals surface area contributed by atoms with Gasteiger partial charge in [0.1, 0.15) is 23.1 Å². The highest BCUT2D eigenvalue weighted by Gasteiger charge is 2.17. The van der Waals surface area contributed by atoms with E-state index in [1.807, 2.05) is 47.3 Å². The SMILES string of the molecule is CCCc1ccnc(-n2c3ccc(OC)cc3c3ccc(Oc4cccc(-n5nc(C)c(-c6ccccc6)c5C)c4)cc32)c1. The maximum absolute atomic E-state index is 6.50. The van der Waals surface area contributed by atoms with Crippen LogP contribution in [0.4, 0.5) is 0 Å². The zero-order valence-corrected chi connectivity index (χ0v) is 25.4. The van der Waals surface area contributed by atoms with E-state index in [-0.39, 0.29) is 0 Å². The Morgan fingerprint density at radius 2 is 1.55 bits per heavy atom. The highest BCUT2D eigenvalue weighted by molar-refractivity contribution is 6.10. The number of aryl methyl sites for hydroxylation is 2. The van der Waals surface area contributed by atoms with Gasteiger partial charge in [-0.3, -0.25) is 4.57 Å². The summed E-state index contributed by atoms with van der Waals surface area (Å²) < 4.78 is 16.3. The van der Waals surface area contributed by atoms with Gasteiger partial charge in [-0.05, 0) is 86.0 Å². The second-order valence-corrected chi connectivity index (χ2v) is 11.1. The molecule has 0 atom stereocenters. The predicted molar refractivity (Wildman–Crippen MR) is 178 cm³/mol. The van der Waals surface area contributed by atoms with E-state index in [0.717, 1.165) is 85.9 Å². The second-order valence-electron chi connectivity index (χ2n) is 11.1. The standard InChI is InChI=1S/C38H34N4O2/c1-5-10-27-19-20-39-37(21-27)41-35-18-16-30(43-4)23-34(35)33-17-15-32(24-36(33)41)44-31-14-9-13-29(22-31)42-26(3)38(25(2)40-42)28-11-7-6-8-12-28/h6-9,11-24H,5,10H2,1-4H3. The molecule has 44 heavy (non-hydrogen) atoms. The van der Waals surface area contributed by atoms with E-state index in [1.54, 1.807) is 7.11 Å². The van der Waals surface area contributed by atoms with Crippen LogP contribution in [-0.2, 0) is 6.42 Å². The molecule has 0 bridgehead atoms. The molecule has 0 saturated carbocycles. The smallest absolute Gasteiger partial charge is 0.137 e. The fourth-order valence-electron chi connectivity index (χ4n) is 6.18. The molecule has 0 spiro atoms. The molecular weight excluding hydrogens is 544 g/mol. The third-order valence-corrected chi connectivity index (χ3v) is 8.17. The highest BCUT2D eigenvalue weighted by atomic mass is 16.5. The number of fused-ring (bicyclic) bond motifs is 3. The molecule has 0 aliphatic carbocycles. The first-order chi connectivity index (χ1) is 21.5. The molecule has 0 amide bonds. The fraction of sp³-hybridized carbons (Fsp3) is 0.158. The van der Waals surface area contributed by atoms with Crippen molar-refractivity contribution < 1.29 is 9.47 Å². The number of benzene rings is 4. The molecule has 218 valence electrons. The van der Waals surface area contributed by atoms with Crippen LogP contribution in [0.25, 0.3) is 44.4 Å². The molecule has 0 saturated heterocycles. The number of hydrogen-bond donors (Lipinski definition) is 0. The molecular formula is C38H34N4O2. The van der Waals surface area contributed by atoms with Crippen molar-refractivity contribution in [1.82, 2.24) is 19.3 Å². The summed E-state index contributed by atoms with van der Waals surface area (Å²) in [5.41, 5.74) is 8.71. The maximum Gasteiger partial charge on any atom is 0.137 e. The number of nitrogens with zero attached hydrogens (tertiary/aromatic N) is 4. The van der Waals surface area contributed by atoms with Crippen molar-refractivity contribution >= 4 is 21.8 Å². The Hall–Kier alpha value is -5.36. The zero-order valence-electron chi connectivity index (χ0n) is 25.4. The normalized spacial score (nSPS) is 11.4. The Kier molecular flexibility index (Phi) is 7.10. The van der Waals surface area contributed by atoms with Crippen LogP contribution in [0.1, 0.15) is 30.3 Å². The van der Waals surface area contributed by atoms with Gasteiger partial charge >= 0.3 is 0 Å². The number of pyridine rings is 1. The van der Waals surface area contributed by atoms with Crippen LogP contribution in [0.5, 0.6) is 17.2 Å². The van der Waals surface area contributed by atoms with E-state index in [9.17, 15) is 0 Å². The molecule has 6 nitrogen and oxygen atoms in total. The van der Waals surface area contributed by atoms with Crippen LogP contribution in [-0.4, -0.2) is 26.4 Å². The lowest BCUT2D eigenvalue weighted by molar-refractivity contribution is 0.415. The average molecular weight is 579 g/mol. The Labute approximate surface area is 257 Å². The minimum Gasteiger partial charge on any atom is -0.497 e. The molecule has 3 heterocycles. The van der Waals surface area contributed by atoms with Gasteiger partial charge in [0.2, 0.25) is 0 Å². The summed E-state index contributed by atoms with van der Waals surface area (Å²) in [5.74, 6) is 3.19. The lowest BCUT2D eigenvalue weighted by Crippen LogP contribution is -2.00. The number of methoxy groups -OCH3 is 1. The molecule has 0 aliphatic rings.